The fourth-order valence-electron chi connectivity index (χ4n) is 1.90. The van der Waals surface area contributed by atoms with Crippen molar-refractivity contribution >= 4 is 11.6 Å². The molecule has 0 saturated heterocycles. The highest BCUT2D eigenvalue weighted by Gasteiger charge is 2.72. The van der Waals surface area contributed by atoms with Gasteiger partial charge >= 0.3 is 0 Å². The van der Waals surface area contributed by atoms with Crippen molar-refractivity contribution < 1.29 is 17.6 Å². The molecule has 1 atom stereocenters. The molecule has 0 bridgehead atoms. The van der Waals surface area contributed by atoms with E-state index in [1.54, 1.807) is 0 Å². The molecule has 1 aromatic carbocycles. The van der Waals surface area contributed by atoms with Crippen LogP contribution >= 0.6 is 11.6 Å². The summed E-state index contributed by atoms with van der Waals surface area (Å²) in [5.74, 6) is -5.00. The van der Waals surface area contributed by atoms with Gasteiger partial charge in [0.25, 0.3) is 5.92 Å². The molecule has 0 amide bonds. The van der Waals surface area contributed by atoms with E-state index in [4.69, 9.17) is 17.3 Å². The average molecular weight is 254 g/mol. The van der Waals surface area contributed by atoms with Gasteiger partial charge in [0.05, 0.1) is 10.4 Å². The zero-order valence-corrected chi connectivity index (χ0v) is 8.79. The van der Waals surface area contributed by atoms with Crippen LogP contribution in [0.1, 0.15) is 12.0 Å². The second kappa shape index (κ2) is 3.34. The van der Waals surface area contributed by atoms with E-state index in [1.807, 2.05) is 0 Å². The van der Waals surface area contributed by atoms with Crippen LogP contribution in [-0.2, 0) is 5.41 Å². The molecule has 88 valence electrons. The quantitative estimate of drug-likeness (QED) is 0.637. The van der Waals surface area contributed by atoms with Gasteiger partial charge < -0.3 is 5.73 Å². The number of hydrogen-bond acceptors (Lipinski definition) is 1. The van der Waals surface area contributed by atoms with Gasteiger partial charge in [-0.25, -0.2) is 17.6 Å². The number of benzene rings is 1. The summed E-state index contributed by atoms with van der Waals surface area (Å²) in [7, 11) is 0. The summed E-state index contributed by atoms with van der Waals surface area (Å²) in [4.78, 5) is 0. The Balaban J connectivity index is 2.61. The monoisotopic (exact) mass is 253 g/mol. The number of alkyl halides is 2. The van der Waals surface area contributed by atoms with Gasteiger partial charge in [-0.3, -0.25) is 0 Å². The lowest BCUT2D eigenvalue weighted by molar-refractivity contribution is 0.0886. The van der Waals surface area contributed by atoms with Crippen LogP contribution in [0.4, 0.5) is 17.6 Å². The van der Waals surface area contributed by atoms with Crippen molar-refractivity contribution in [3.05, 3.63) is 34.4 Å². The molecule has 0 aromatic heterocycles. The molecule has 1 saturated carbocycles. The topological polar surface area (TPSA) is 26.0 Å². The Labute approximate surface area is 94.2 Å². The molecule has 2 rings (SSSR count). The highest BCUT2D eigenvalue weighted by molar-refractivity contribution is 6.31. The Morgan fingerprint density at radius 3 is 2.19 bits per heavy atom. The summed E-state index contributed by atoms with van der Waals surface area (Å²) in [6, 6.07) is 1.58. The molecule has 0 aliphatic heterocycles. The van der Waals surface area contributed by atoms with Crippen molar-refractivity contribution in [1.29, 1.82) is 0 Å². The van der Waals surface area contributed by atoms with Gasteiger partial charge in [-0.15, -0.1) is 0 Å². The minimum atomic E-state index is -3.12. The SMILES string of the molecule is NCC1(c2c(F)ccc(F)c2Cl)CC1(F)F. The maximum Gasteiger partial charge on any atom is 0.260 e. The van der Waals surface area contributed by atoms with Crippen LogP contribution in [0.5, 0.6) is 0 Å². The molecule has 2 N–H and O–H groups in total. The molecule has 1 aromatic rings. The van der Waals surface area contributed by atoms with Crippen molar-refractivity contribution in [3.8, 4) is 0 Å². The minimum Gasteiger partial charge on any atom is -0.329 e. The summed E-state index contributed by atoms with van der Waals surface area (Å²) in [6.07, 6.45) is -0.601. The zero-order chi connectivity index (χ0) is 12.1. The van der Waals surface area contributed by atoms with Crippen LogP contribution < -0.4 is 5.73 Å². The predicted molar refractivity (Wildman–Crippen MR) is 51.7 cm³/mol. The van der Waals surface area contributed by atoms with Crippen LogP contribution in [0.15, 0.2) is 12.1 Å². The van der Waals surface area contributed by atoms with Crippen LogP contribution in [0.25, 0.3) is 0 Å². The first-order chi connectivity index (χ1) is 7.35. The molecule has 0 heterocycles. The third kappa shape index (κ3) is 1.34. The van der Waals surface area contributed by atoms with Gasteiger partial charge in [-0.2, -0.15) is 0 Å². The molecule has 16 heavy (non-hydrogen) atoms. The Hall–Kier alpha value is -0.810. The molecular weight excluding hydrogens is 246 g/mol. The fraction of sp³-hybridized carbons (Fsp3) is 0.400. The molecule has 1 aliphatic carbocycles. The highest BCUT2D eigenvalue weighted by Crippen LogP contribution is 2.62. The normalized spacial score (nSPS) is 26.9. The van der Waals surface area contributed by atoms with Crippen LogP contribution in [-0.4, -0.2) is 12.5 Å². The zero-order valence-electron chi connectivity index (χ0n) is 8.04. The van der Waals surface area contributed by atoms with E-state index in [0.717, 1.165) is 12.1 Å². The first-order valence-electron chi connectivity index (χ1n) is 4.57. The third-order valence-corrected chi connectivity index (χ3v) is 3.34. The van der Waals surface area contributed by atoms with Gasteiger partial charge in [0.15, 0.2) is 0 Å². The molecule has 1 aliphatic rings. The van der Waals surface area contributed by atoms with Crippen molar-refractivity contribution in [3.63, 3.8) is 0 Å². The van der Waals surface area contributed by atoms with Gasteiger partial charge in [-0.05, 0) is 12.1 Å². The second-order valence-electron chi connectivity index (χ2n) is 3.89. The van der Waals surface area contributed by atoms with Crippen LogP contribution in [0.3, 0.4) is 0 Å². The van der Waals surface area contributed by atoms with Gasteiger partial charge in [0.2, 0.25) is 0 Å². The first-order valence-corrected chi connectivity index (χ1v) is 4.95. The average Bonchev–Trinajstić information content (AvgIpc) is 2.77. The standard InChI is InChI=1S/C10H8ClF4N/c11-8-6(13)2-1-5(12)7(8)9(4-16)3-10(9,14)15/h1-2H,3-4,16H2. The molecule has 6 heteroatoms. The summed E-state index contributed by atoms with van der Waals surface area (Å²) < 4.78 is 53.0. The van der Waals surface area contributed by atoms with E-state index in [-0.39, 0.29) is 0 Å². The Morgan fingerprint density at radius 1 is 1.25 bits per heavy atom. The molecular formula is C10H8ClF4N. The van der Waals surface area contributed by atoms with Crippen molar-refractivity contribution in [1.82, 2.24) is 0 Å². The van der Waals surface area contributed by atoms with Crippen LogP contribution in [0.2, 0.25) is 5.02 Å². The number of nitrogens with two attached hydrogens (primary N) is 1. The summed E-state index contributed by atoms with van der Waals surface area (Å²) in [5, 5.41) is -0.609. The van der Waals surface area contributed by atoms with E-state index in [1.165, 1.54) is 0 Å². The lowest BCUT2D eigenvalue weighted by atomic mass is 9.94. The third-order valence-electron chi connectivity index (χ3n) is 2.97. The maximum absolute atomic E-state index is 13.5. The van der Waals surface area contributed by atoms with Crippen molar-refractivity contribution in [2.24, 2.45) is 5.73 Å². The van der Waals surface area contributed by atoms with Gasteiger partial charge in [0, 0.05) is 18.5 Å². The summed E-state index contributed by atoms with van der Waals surface area (Å²) in [5.41, 5.74) is 2.87. The van der Waals surface area contributed by atoms with E-state index in [9.17, 15) is 17.6 Å². The number of rotatable bonds is 2. The minimum absolute atomic E-state index is 0.472. The Bertz CT molecular complexity index is 449. The van der Waals surface area contributed by atoms with Gasteiger partial charge in [-0.1, -0.05) is 11.6 Å². The smallest absolute Gasteiger partial charge is 0.260 e. The molecule has 1 unspecified atom stereocenters. The first kappa shape index (κ1) is 11.7. The summed E-state index contributed by atoms with van der Waals surface area (Å²) in [6.45, 7) is -0.472. The fourth-order valence-corrected chi connectivity index (χ4v) is 2.23. The molecule has 1 fully saturated rings. The van der Waals surface area contributed by atoms with Gasteiger partial charge in [0.1, 0.15) is 11.6 Å². The Kier molecular flexibility index (Phi) is 2.44. The maximum atomic E-state index is 13.5. The lowest BCUT2D eigenvalue weighted by Gasteiger charge is -2.17. The van der Waals surface area contributed by atoms with E-state index < -0.39 is 46.5 Å². The largest absolute Gasteiger partial charge is 0.329 e. The van der Waals surface area contributed by atoms with Crippen LogP contribution in [0, 0.1) is 11.6 Å². The highest BCUT2D eigenvalue weighted by atomic mass is 35.5. The van der Waals surface area contributed by atoms with E-state index in [0.29, 0.717) is 0 Å². The van der Waals surface area contributed by atoms with Crippen molar-refractivity contribution in [2.75, 3.05) is 6.54 Å². The molecule has 1 nitrogen and oxygen atoms in total. The van der Waals surface area contributed by atoms with E-state index >= 15 is 0 Å². The predicted octanol–water partition coefficient (Wildman–Crippen LogP) is 2.85. The number of hydrogen-bond donors (Lipinski definition) is 1. The molecule has 0 radical (unpaired) electrons. The van der Waals surface area contributed by atoms with E-state index in [2.05, 4.69) is 0 Å². The molecule has 0 spiro atoms. The lowest BCUT2D eigenvalue weighted by Crippen LogP contribution is -2.28. The number of halogens is 5. The summed E-state index contributed by atoms with van der Waals surface area (Å²) >= 11 is 5.53. The van der Waals surface area contributed by atoms with Crippen molar-refractivity contribution in [2.45, 2.75) is 17.8 Å². The second-order valence-corrected chi connectivity index (χ2v) is 4.26. The Morgan fingerprint density at radius 2 is 1.75 bits per heavy atom.